The lowest BCUT2D eigenvalue weighted by Crippen LogP contribution is -2.31. The van der Waals surface area contributed by atoms with Crippen molar-refractivity contribution in [2.75, 3.05) is 11.9 Å². The molecule has 1 fully saturated rings. The van der Waals surface area contributed by atoms with Crippen LogP contribution in [0.2, 0.25) is 0 Å². The predicted octanol–water partition coefficient (Wildman–Crippen LogP) is 3.05. The SMILES string of the molecule is CC1(C)CCCCC1CC(=O)Nc1ccc(C(=O)NCC(=O)O)cc1. The van der Waals surface area contributed by atoms with E-state index in [1.807, 2.05) is 0 Å². The molecule has 1 unspecified atom stereocenters. The van der Waals surface area contributed by atoms with E-state index in [0.29, 0.717) is 23.6 Å². The fraction of sp³-hybridized carbons (Fsp3) is 0.526. The van der Waals surface area contributed by atoms with Crippen LogP contribution in [0.5, 0.6) is 0 Å². The van der Waals surface area contributed by atoms with Crippen molar-refractivity contribution in [2.24, 2.45) is 11.3 Å². The van der Waals surface area contributed by atoms with Crippen molar-refractivity contribution in [3.05, 3.63) is 29.8 Å². The summed E-state index contributed by atoms with van der Waals surface area (Å²) in [5.74, 6) is -1.17. The van der Waals surface area contributed by atoms with Crippen LogP contribution in [-0.4, -0.2) is 29.4 Å². The summed E-state index contributed by atoms with van der Waals surface area (Å²) in [5, 5.41) is 13.7. The number of carbonyl (C=O) groups is 3. The van der Waals surface area contributed by atoms with Crippen molar-refractivity contribution in [1.82, 2.24) is 5.32 Å². The van der Waals surface area contributed by atoms with Crippen molar-refractivity contribution >= 4 is 23.5 Å². The van der Waals surface area contributed by atoms with Gasteiger partial charge in [0.2, 0.25) is 5.91 Å². The standard InChI is InChI=1S/C19H26N2O4/c1-19(2)10-4-3-5-14(19)11-16(22)21-15-8-6-13(7-9-15)18(25)20-12-17(23)24/h6-9,14H,3-5,10-12H2,1-2H3,(H,20,25)(H,21,22)(H,23,24). The van der Waals surface area contributed by atoms with Crippen molar-refractivity contribution in [3.63, 3.8) is 0 Å². The van der Waals surface area contributed by atoms with Gasteiger partial charge in [-0.3, -0.25) is 14.4 Å². The van der Waals surface area contributed by atoms with Crippen LogP contribution < -0.4 is 10.6 Å². The third-order valence-corrected chi connectivity index (χ3v) is 4.99. The first-order valence-corrected chi connectivity index (χ1v) is 8.68. The Morgan fingerprint density at radius 3 is 2.44 bits per heavy atom. The number of nitrogens with one attached hydrogen (secondary N) is 2. The van der Waals surface area contributed by atoms with Gasteiger partial charge in [0.25, 0.3) is 5.91 Å². The number of hydrogen-bond donors (Lipinski definition) is 3. The Labute approximate surface area is 148 Å². The molecule has 1 aliphatic carbocycles. The summed E-state index contributed by atoms with van der Waals surface area (Å²) in [7, 11) is 0. The van der Waals surface area contributed by atoms with E-state index < -0.39 is 18.4 Å². The molecule has 1 aliphatic rings. The Morgan fingerprint density at radius 1 is 1.16 bits per heavy atom. The minimum Gasteiger partial charge on any atom is -0.480 e. The van der Waals surface area contributed by atoms with Crippen molar-refractivity contribution in [1.29, 1.82) is 0 Å². The van der Waals surface area contributed by atoms with E-state index >= 15 is 0 Å². The monoisotopic (exact) mass is 346 g/mol. The van der Waals surface area contributed by atoms with Crippen molar-refractivity contribution in [2.45, 2.75) is 46.0 Å². The van der Waals surface area contributed by atoms with Gasteiger partial charge in [0.1, 0.15) is 6.54 Å². The van der Waals surface area contributed by atoms with Gasteiger partial charge in [-0.15, -0.1) is 0 Å². The van der Waals surface area contributed by atoms with Gasteiger partial charge in [0, 0.05) is 17.7 Å². The van der Waals surface area contributed by atoms with Crippen LogP contribution >= 0.6 is 0 Å². The maximum Gasteiger partial charge on any atom is 0.322 e. The predicted molar refractivity (Wildman–Crippen MR) is 95.4 cm³/mol. The molecule has 0 aromatic heterocycles. The number of rotatable bonds is 6. The van der Waals surface area contributed by atoms with Gasteiger partial charge in [0.05, 0.1) is 0 Å². The van der Waals surface area contributed by atoms with Gasteiger partial charge in [-0.05, 0) is 48.4 Å². The Hall–Kier alpha value is -2.37. The zero-order chi connectivity index (χ0) is 18.4. The third-order valence-electron chi connectivity index (χ3n) is 4.99. The van der Waals surface area contributed by atoms with E-state index in [2.05, 4.69) is 24.5 Å². The first-order chi connectivity index (χ1) is 11.8. The molecule has 0 aliphatic heterocycles. The average Bonchev–Trinajstić information content (AvgIpc) is 2.55. The van der Waals surface area contributed by atoms with E-state index in [1.54, 1.807) is 24.3 Å². The lowest BCUT2D eigenvalue weighted by atomic mass is 9.67. The number of hydrogen-bond acceptors (Lipinski definition) is 3. The Balaban J connectivity index is 1.89. The quantitative estimate of drug-likeness (QED) is 0.738. The molecule has 1 saturated carbocycles. The number of benzene rings is 1. The molecule has 0 heterocycles. The Morgan fingerprint density at radius 2 is 1.84 bits per heavy atom. The van der Waals surface area contributed by atoms with Gasteiger partial charge in [-0.25, -0.2) is 0 Å². The van der Waals surface area contributed by atoms with E-state index in [-0.39, 0.29) is 11.3 Å². The normalized spacial score (nSPS) is 19.0. The molecule has 2 rings (SSSR count). The maximum atomic E-state index is 12.3. The van der Waals surface area contributed by atoms with Gasteiger partial charge in [-0.1, -0.05) is 26.7 Å². The second-order valence-electron chi connectivity index (χ2n) is 7.34. The summed E-state index contributed by atoms with van der Waals surface area (Å²) >= 11 is 0. The smallest absolute Gasteiger partial charge is 0.322 e. The van der Waals surface area contributed by atoms with Crippen LogP contribution in [0.15, 0.2) is 24.3 Å². The summed E-state index contributed by atoms with van der Waals surface area (Å²) < 4.78 is 0. The molecule has 0 saturated heterocycles. The Bertz CT molecular complexity index is 637. The summed E-state index contributed by atoms with van der Waals surface area (Å²) in [6.45, 7) is 4.04. The largest absolute Gasteiger partial charge is 0.480 e. The molecule has 6 heteroatoms. The van der Waals surface area contributed by atoms with Gasteiger partial charge in [0.15, 0.2) is 0 Å². The Kier molecular flexibility index (Phi) is 6.17. The summed E-state index contributed by atoms with van der Waals surface area (Å²) in [6.07, 6.45) is 5.17. The molecule has 0 bridgehead atoms. The summed E-state index contributed by atoms with van der Waals surface area (Å²) in [6, 6.07) is 6.44. The number of aliphatic carboxylic acids is 1. The van der Waals surface area contributed by atoms with E-state index in [9.17, 15) is 14.4 Å². The van der Waals surface area contributed by atoms with Gasteiger partial charge >= 0.3 is 5.97 Å². The molecule has 1 aromatic rings. The number of carbonyl (C=O) groups excluding carboxylic acids is 2. The molecule has 136 valence electrons. The first kappa shape index (κ1) is 19.0. The molecular formula is C19H26N2O4. The van der Waals surface area contributed by atoms with E-state index in [4.69, 9.17) is 5.11 Å². The molecule has 3 N–H and O–H groups in total. The molecule has 0 spiro atoms. The van der Waals surface area contributed by atoms with E-state index in [1.165, 1.54) is 12.8 Å². The highest BCUT2D eigenvalue weighted by atomic mass is 16.4. The fourth-order valence-electron chi connectivity index (χ4n) is 3.34. The zero-order valence-electron chi connectivity index (χ0n) is 14.8. The highest BCUT2D eigenvalue weighted by Crippen LogP contribution is 2.42. The minimum absolute atomic E-state index is 0.0111. The van der Waals surface area contributed by atoms with Crippen LogP contribution in [0.3, 0.4) is 0 Å². The molecule has 25 heavy (non-hydrogen) atoms. The maximum absolute atomic E-state index is 12.3. The van der Waals surface area contributed by atoms with Crippen LogP contribution in [0.1, 0.15) is 56.3 Å². The molecular weight excluding hydrogens is 320 g/mol. The second-order valence-corrected chi connectivity index (χ2v) is 7.34. The van der Waals surface area contributed by atoms with Gasteiger partial charge < -0.3 is 15.7 Å². The molecule has 1 atom stereocenters. The first-order valence-electron chi connectivity index (χ1n) is 8.68. The van der Waals surface area contributed by atoms with Crippen molar-refractivity contribution < 1.29 is 19.5 Å². The van der Waals surface area contributed by atoms with Crippen LogP contribution in [0, 0.1) is 11.3 Å². The molecule has 0 radical (unpaired) electrons. The lowest BCUT2D eigenvalue weighted by molar-refractivity contribution is -0.135. The number of amides is 2. The summed E-state index contributed by atoms with van der Waals surface area (Å²) in [4.78, 5) is 34.5. The van der Waals surface area contributed by atoms with Crippen molar-refractivity contribution in [3.8, 4) is 0 Å². The van der Waals surface area contributed by atoms with E-state index in [0.717, 1.165) is 12.8 Å². The highest BCUT2D eigenvalue weighted by Gasteiger charge is 2.33. The summed E-state index contributed by atoms with van der Waals surface area (Å²) in [5.41, 5.74) is 1.18. The van der Waals surface area contributed by atoms with Crippen LogP contribution in [0.4, 0.5) is 5.69 Å². The molecule has 6 nitrogen and oxygen atoms in total. The number of carboxylic acid groups (broad SMARTS) is 1. The molecule has 2 amide bonds. The minimum atomic E-state index is -1.09. The van der Waals surface area contributed by atoms with Crippen LogP contribution in [0.25, 0.3) is 0 Å². The topological polar surface area (TPSA) is 95.5 Å². The highest BCUT2D eigenvalue weighted by molar-refractivity contribution is 5.97. The number of anilines is 1. The second kappa shape index (κ2) is 8.14. The zero-order valence-corrected chi connectivity index (χ0v) is 14.8. The lowest BCUT2D eigenvalue weighted by Gasteiger charge is -2.38. The average molecular weight is 346 g/mol. The third kappa shape index (κ3) is 5.59. The van der Waals surface area contributed by atoms with Gasteiger partial charge in [-0.2, -0.15) is 0 Å². The number of carboxylic acids is 1. The van der Waals surface area contributed by atoms with Crippen LogP contribution in [-0.2, 0) is 9.59 Å². The fourth-order valence-corrected chi connectivity index (χ4v) is 3.34. The molecule has 1 aromatic carbocycles.